The maximum Gasteiger partial charge on any atom is 0.331 e. The van der Waals surface area contributed by atoms with Crippen molar-refractivity contribution in [1.82, 2.24) is 4.98 Å². The fraction of sp³-hybridized carbons (Fsp3) is 0.250. The summed E-state index contributed by atoms with van der Waals surface area (Å²) >= 11 is 0. The van der Waals surface area contributed by atoms with E-state index in [1.807, 2.05) is 25.1 Å². The van der Waals surface area contributed by atoms with Crippen molar-refractivity contribution >= 4 is 11.7 Å². The average molecular weight is 392 g/mol. The molecule has 150 valence electrons. The molecule has 1 aromatic heterocycles. The van der Waals surface area contributed by atoms with Crippen LogP contribution in [0.4, 0.5) is 10.1 Å². The first kappa shape index (κ1) is 20.5. The van der Waals surface area contributed by atoms with Crippen LogP contribution < -0.4 is 5.32 Å². The smallest absolute Gasteiger partial charge is 0.331 e. The van der Waals surface area contributed by atoms with E-state index >= 15 is 0 Å². The number of halogens is 1. The Morgan fingerprint density at radius 2 is 2.00 bits per heavy atom. The Hall–Kier alpha value is -3.21. The predicted molar refractivity (Wildman–Crippen MR) is 114 cm³/mol. The first-order valence-corrected chi connectivity index (χ1v) is 9.71. The largest absolute Gasteiger partial charge is 0.478 e. The molecule has 29 heavy (non-hydrogen) atoms. The van der Waals surface area contributed by atoms with Crippen molar-refractivity contribution in [2.75, 3.05) is 11.9 Å². The van der Waals surface area contributed by atoms with E-state index in [1.54, 1.807) is 37.4 Å². The minimum atomic E-state index is -0.937. The molecule has 0 spiro atoms. The van der Waals surface area contributed by atoms with Gasteiger partial charge in [-0.15, -0.1) is 0 Å². The molecule has 0 saturated heterocycles. The van der Waals surface area contributed by atoms with Crippen molar-refractivity contribution < 1.29 is 14.3 Å². The standard InChI is InChI=1S/C24H25FN2O2/c1-3-17(18-9-10-18)8-11-19(16(2)24(28)29)14-26-20-12-13-23(27-15-20)21-6-4-5-7-22(21)25/h3-8,11-13,15,18,26H,9-10,14H2,1-2H3,(H,28,29)/b11-8-,17-3+,19-16-. The lowest BCUT2D eigenvalue weighted by molar-refractivity contribution is -0.132. The summed E-state index contributed by atoms with van der Waals surface area (Å²) in [5.41, 5.74) is 3.99. The van der Waals surface area contributed by atoms with Gasteiger partial charge in [0.05, 0.1) is 17.6 Å². The summed E-state index contributed by atoms with van der Waals surface area (Å²) in [5, 5.41) is 12.6. The maximum absolute atomic E-state index is 13.9. The zero-order valence-corrected chi connectivity index (χ0v) is 16.7. The molecular weight excluding hydrogens is 367 g/mol. The molecule has 5 heteroatoms. The van der Waals surface area contributed by atoms with E-state index < -0.39 is 5.97 Å². The highest BCUT2D eigenvalue weighted by molar-refractivity contribution is 5.87. The van der Waals surface area contributed by atoms with Crippen LogP contribution in [-0.4, -0.2) is 22.6 Å². The Morgan fingerprint density at radius 1 is 1.24 bits per heavy atom. The van der Waals surface area contributed by atoms with Crippen LogP contribution in [0.15, 0.2) is 77.5 Å². The fourth-order valence-electron chi connectivity index (χ4n) is 3.06. The van der Waals surface area contributed by atoms with Crippen molar-refractivity contribution in [1.29, 1.82) is 0 Å². The van der Waals surface area contributed by atoms with Gasteiger partial charge in [0, 0.05) is 17.7 Å². The molecule has 0 bridgehead atoms. The first-order chi connectivity index (χ1) is 14.0. The number of rotatable bonds is 8. The molecule has 1 heterocycles. The number of anilines is 1. The van der Waals surface area contributed by atoms with Gasteiger partial charge in [-0.1, -0.05) is 30.4 Å². The maximum atomic E-state index is 13.9. The number of allylic oxidation sites excluding steroid dienone is 3. The number of nitrogens with zero attached hydrogens (tertiary/aromatic N) is 1. The molecule has 0 unspecified atom stereocenters. The number of nitrogens with one attached hydrogen (secondary N) is 1. The van der Waals surface area contributed by atoms with E-state index in [2.05, 4.69) is 16.4 Å². The molecule has 1 fully saturated rings. The molecular formula is C24H25FN2O2. The van der Waals surface area contributed by atoms with Gasteiger partial charge in [0.15, 0.2) is 0 Å². The van der Waals surface area contributed by atoms with Gasteiger partial charge in [-0.25, -0.2) is 9.18 Å². The summed E-state index contributed by atoms with van der Waals surface area (Å²) in [6.07, 6.45) is 9.99. The van der Waals surface area contributed by atoms with Gasteiger partial charge in [-0.05, 0) is 68.0 Å². The van der Waals surface area contributed by atoms with Gasteiger partial charge in [0.2, 0.25) is 0 Å². The molecule has 1 aliphatic rings. The van der Waals surface area contributed by atoms with E-state index in [0.717, 1.165) is 5.69 Å². The van der Waals surface area contributed by atoms with Gasteiger partial charge >= 0.3 is 5.97 Å². The molecule has 0 atom stereocenters. The third-order valence-corrected chi connectivity index (χ3v) is 5.06. The lowest BCUT2D eigenvalue weighted by atomic mass is 10.1. The van der Waals surface area contributed by atoms with Crippen LogP contribution in [0.1, 0.15) is 26.7 Å². The summed E-state index contributed by atoms with van der Waals surface area (Å²) in [6, 6.07) is 10.1. The summed E-state index contributed by atoms with van der Waals surface area (Å²) in [4.78, 5) is 15.8. The topological polar surface area (TPSA) is 62.2 Å². The third kappa shape index (κ3) is 5.41. The number of aliphatic carboxylic acids is 1. The fourth-order valence-corrected chi connectivity index (χ4v) is 3.06. The minimum absolute atomic E-state index is 0.302. The van der Waals surface area contributed by atoms with E-state index in [4.69, 9.17) is 0 Å². The van der Waals surface area contributed by atoms with Crippen molar-refractivity contribution in [2.24, 2.45) is 5.92 Å². The Kier molecular flexibility index (Phi) is 6.60. The summed E-state index contributed by atoms with van der Waals surface area (Å²) in [7, 11) is 0. The van der Waals surface area contributed by atoms with Crippen molar-refractivity contribution in [2.45, 2.75) is 26.7 Å². The SMILES string of the molecule is C\C=C(/C=C\C(CNc1ccc(-c2ccccc2F)nc1)=C(/C)C(=O)O)C1CC1. The number of hydrogen-bond acceptors (Lipinski definition) is 3. The number of hydrogen-bond donors (Lipinski definition) is 2. The highest BCUT2D eigenvalue weighted by Gasteiger charge is 2.23. The van der Waals surface area contributed by atoms with Crippen LogP contribution in [0.3, 0.4) is 0 Å². The van der Waals surface area contributed by atoms with E-state index in [0.29, 0.717) is 34.9 Å². The molecule has 1 aromatic carbocycles. The number of benzene rings is 1. The van der Waals surface area contributed by atoms with Crippen LogP contribution in [0, 0.1) is 11.7 Å². The molecule has 3 rings (SSSR count). The number of carboxylic acid groups (broad SMARTS) is 1. The molecule has 0 amide bonds. The molecule has 2 aromatic rings. The van der Waals surface area contributed by atoms with E-state index in [1.165, 1.54) is 24.5 Å². The third-order valence-electron chi connectivity index (χ3n) is 5.06. The van der Waals surface area contributed by atoms with Crippen LogP contribution in [0.25, 0.3) is 11.3 Å². The Morgan fingerprint density at radius 3 is 2.59 bits per heavy atom. The van der Waals surface area contributed by atoms with Crippen molar-refractivity contribution in [3.05, 3.63) is 83.4 Å². The Bertz CT molecular complexity index is 971. The molecule has 2 N–H and O–H groups in total. The van der Waals surface area contributed by atoms with Crippen LogP contribution in [0.2, 0.25) is 0 Å². The van der Waals surface area contributed by atoms with Gasteiger partial charge in [0.25, 0.3) is 0 Å². The van der Waals surface area contributed by atoms with Crippen molar-refractivity contribution in [3.63, 3.8) is 0 Å². The zero-order valence-electron chi connectivity index (χ0n) is 16.7. The monoisotopic (exact) mass is 392 g/mol. The number of carbonyl (C=O) groups is 1. The molecule has 1 aliphatic carbocycles. The molecule has 1 saturated carbocycles. The van der Waals surface area contributed by atoms with E-state index in [9.17, 15) is 14.3 Å². The van der Waals surface area contributed by atoms with Crippen molar-refractivity contribution in [3.8, 4) is 11.3 Å². The second-order valence-corrected chi connectivity index (χ2v) is 7.12. The minimum Gasteiger partial charge on any atom is -0.478 e. The Balaban J connectivity index is 1.72. The van der Waals surface area contributed by atoms with Gasteiger partial charge in [-0.2, -0.15) is 0 Å². The van der Waals surface area contributed by atoms with E-state index in [-0.39, 0.29) is 5.82 Å². The lowest BCUT2D eigenvalue weighted by Crippen LogP contribution is -2.09. The van der Waals surface area contributed by atoms with Gasteiger partial charge in [0.1, 0.15) is 5.82 Å². The van der Waals surface area contributed by atoms with Gasteiger partial charge in [-0.3, -0.25) is 4.98 Å². The summed E-state index contributed by atoms with van der Waals surface area (Å²) < 4.78 is 13.9. The zero-order chi connectivity index (χ0) is 20.8. The Labute approximate surface area is 170 Å². The van der Waals surface area contributed by atoms with Gasteiger partial charge < -0.3 is 10.4 Å². The first-order valence-electron chi connectivity index (χ1n) is 9.71. The predicted octanol–water partition coefficient (Wildman–Crippen LogP) is 5.61. The molecule has 4 nitrogen and oxygen atoms in total. The number of pyridine rings is 1. The second-order valence-electron chi connectivity index (χ2n) is 7.12. The highest BCUT2D eigenvalue weighted by atomic mass is 19.1. The molecule has 0 radical (unpaired) electrons. The molecule has 0 aliphatic heterocycles. The normalized spacial score (nSPS) is 15.3. The number of carboxylic acids is 1. The summed E-state index contributed by atoms with van der Waals surface area (Å²) in [5.74, 6) is -0.651. The number of aromatic nitrogens is 1. The second kappa shape index (κ2) is 9.32. The summed E-state index contributed by atoms with van der Waals surface area (Å²) in [6.45, 7) is 3.97. The average Bonchev–Trinajstić information content (AvgIpc) is 3.56. The van der Waals surface area contributed by atoms with Crippen LogP contribution in [0.5, 0.6) is 0 Å². The lowest BCUT2D eigenvalue weighted by Gasteiger charge is -2.10. The van der Waals surface area contributed by atoms with Crippen LogP contribution >= 0.6 is 0 Å². The quantitative estimate of drug-likeness (QED) is 0.453. The highest BCUT2D eigenvalue weighted by Crippen LogP contribution is 2.37. The van der Waals surface area contributed by atoms with Crippen LogP contribution in [-0.2, 0) is 4.79 Å².